The minimum Gasteiger partial charge on any atom is -0.476 e. The van der Waals surface area contributed by atoms with Crippen molar-refractivity contribution in [3.05, 3.63) is 29.5 Å². The molecule has 0 aromatic carbocycles. The van der Waals surface area contributed by atoms with Crippen LogP contribution >= 0.6 is 11.3 Å². The Labute approximate surface area is 135 Å². The lowest BCUT2D eigenvalue weighted by Gasteiger charge is -2.23. The van der Waals surface area contributed by atoms with E-state index in [1.54, 1.807) is 0 Å². The van der Waals surface area contributed by atoms with Gasteiger partial charge < -0.3 is 10.4 Å². The molecule has 3 heterocycles. The van der Waals surface area contributed by atoms with Crippen molar-refractivity contribution in [2.24, 2.45) is 0 Å². The maximum absolute atomic E-state index is 11.1. The molecule has 0 fully saturated rings. The van der Waals surface area contributed by atoms with E-state index in [1.807, 2.05) is 10.9 Å². The number of carboxylic acid groups (broad SMARTS) is 1. The number of imidazole rings is 1. The van der Waals surface area contributed by atoms with Crippen LogP contribution in [0.1, 0.15) is 47.6 Å². The highest BCUT2D eigenvalue weighted by Gasteiger charge is 2.25. The summed E-state index contributed by atoms with van der Waals surface area (Å²) in [5.41, 5.74) is 2.54. The molecule has 3 aromatic rings. The number of nitrogens with zero attached hydrogens (tertiary/aromatic N) is 5. The van der Waals surface area contributed by atoms with E-state index in [1.165, 1.54) is 33.4 Å². The first-order valence-electron chi connectivity index (χ1n) is 7.56. The van der Waals surface area contributed by atoms with E-state index in [0.717, 1.165) is 25.8 Å². The number of anilines is 1. The lowest BCUT2D eigenvalue weighted by molar-refractivity contribution is 0.0693. The Kier molecular flexibility index (Phi) is 3.29. The topological polar surface area (TPSA) is 97.3 Å². The molecular weight excluding hydrogens is 316 g/mol. The van der Waals surface area contributed by atoms with Crippen LogP contribution in [-0.2, 0) is 13.0 Å². The molecule has 8 nitrogen and oxygen atoms in total. The average molecular weight is 332 g/mol. The van der Waals surface area contributed by atoms with Crippen LogP contribution in [0.2, 0.25) is 0 Å². The van der Waals surface area contributed by atoms with Crippen LogP contribution in [0.15, 0.2) is 12.5 Å². The third kappa shape index (κ3) is 2.27. The number of fused-ring (bicyclic) bond motifs is 2. The second-order valence-electron chi connectivity index (χ2n) is 5.51. The molecule has 0 radical (unpaired) electrons. The Balaban J connectivity index is 1.64. The molecule has 1 atom stereocenters. The molecule has 0 spiro atoms. The maximum atomic E-state index is 11.1. The predicted octanol–water partition coefficient (Wildman–Crippen LogP) is 2.19. The van der Waals surface area contributed by atoms with Gasteiger partial charge in [-0.15, -0.1) is 5.10 Å². The zero-order chi connectivity index (χ0) is 16.0. The first-order valence-corrected chi connectivity index (χ1v) is 8.37. The molecule has 120 valence electrons. The largest absolute Gasteiger partial charge is 0.476 e. The van der Waals surface area contributed by atoms with Gasteiger partial charge in [-0.1, -0.05) is 11.3 Å². The van der Waals surface area contributed by atoms with Gasteiger partial charge in [0.2, 0.25) is 5.13 Å². The number of rotatable bonds is 4. The van der Waals surface area contributed by atoms with Crippen LogP contribution in [0.4, 0.5) is 5.13 Å². The number of aromatic nitrogens is 5. The summed E-state index contributed by atoms with van der Waals surface area (Å²) in [5, 5.41) is 22.1. The fourth-order valence-corrected chi connectivity index (χ4v) is 4.03. The van der Waals surface area contributed by atoms with E-state index in [-0.39, 0.29) is 11.7 Å². The van der Waals surface area contributed by atoms with Crippen molar-refractivity contribution in [2.75, 3.05) is 5.32 Å². The van der Waals surface area contributed by atoms with Gasteiger partial charge in [-0.25, -0.2) is 14.3 Å². The Hall–Kier alpha value is -2.42. The first-order chi connectivity index (χ1) is 11.2. The van der Waals surface area contributed by atoms with Crippen LogP contribution in [0, 0.1) is 0 Å². The number of aryl methyl sites for hydroxylation is 1. The van der Waals surface area contributed by atoms with E-state index in [4.69, 9.17) is 5.11 Å². The lowest BCUT2D eigenvalue weighted by Crippen LogP contribution is -2.18. The molecule has 0 bridgehead atoms. The van der Waals surface area contributed by atoms with Crippen molar-refractivity contribution in [1.29, 1.82) is 0 Å². The van der Waals surface area contributed by atoms with Crippen LogP contribution in [0.5, 0.6) is 0 Å². The predicted molar refractivity (Wildman–Crippen MR) is 85.0 cm³/mol. The minimum absolute atomic E-state index is 0.0404. The molecule has 9 heteroatoms. The molecular formula is C14H16N6O2S. The van der Waals surface area contributed by atoms with Crippen molar-refractivity contribution in [3.8, 4) is 0 Å². The summed E-state index contributed by atoms with van der Waals surface area (Å²) >= 11 is 1.31. The smallest absolute Gasteiger partial charge is 0.357 e. The third-order valence-corrected chi connectivity index (χ3v) is 5.13. The van der Waals surface area contributed by atoms with E-state index >= 15 is 0 Å². The number of carbonyl (C=O) groups is 1. The zero-order valence-electron chi connectivity index (χ0n) is 12.6. The molecule has 4 rings (SSSR count). The second-order valence-corrected chi connectivity index (χ2v) is 6.48. The SMILES string of the molecule is CCn1ncc2c1CCCC2Nc1nn2cnc(C(=O)O)c2s1. The summed E-state index contributed by atoms with van der Waals surface area (Å²) in [4.78, 5) is 15.6. The van der Waals surface area contributed by atoms with Gasteiger partial charge in [-0.05, 0) is 26.2 Å². The quantitative estimate of drug-likeness (QED) is 0.760. The molecule has 0 saturated heterocycles. The Morgan fingerprint density at radius 2 is 2.43 bits per heavy atom. The number of hydrogen-bond acceptors (Lipinski definition) is 6. The summed E-state index contributed by atoms with van der Waals surface area (Å²) in [5.74, 6) is -1.04. The summed E-state index contributed by atoms with van der Waals surface area (Å²) in [6.07, 6.45) is 6.53. The van der Waals surface area contributed by atoms with Crippen molar-refractivity contribution < 1.29 is 9.90 Å². The van der Waals surface area contributed by atoms with Crippen LogP contribution in [0.3, 0.4) is 0 Å². The highest BCUT2D eigenvalue weighted by molar-refractivity contribution is 7.21. The molecule has 1 aliphatic carbocycles. The average Bonchev–Trinajstić information content (AvgIpc) is 3.19. The van der Waals surface area contributed by atoms with Crippen molar-refractivity contribution in [2.45, 2.75) is 38.8 Å². The summed E-state index contributed by atoms with van der Waals surface area (Å²) in [7, 11) is 0. The van der Waals surface area contributed by atoms with Crippen LogP contribution < -0.4 is 5.32 Å². The van der Waals surface area contributed by atoms with Crippen molar-refractivity contribution >= 4 is 27.3 Å². The van der Waals surface area contributed by atoms with Gasteiger partial charge in [0.25, 0.3) is 0 Å². The fourth-order valence-electron chi connectivity index (χ4n) is 3.10. The van der Waals surface area contributed by atoms with E-state index < -0.39 is 5.97 Å². The van der Waals surface area contributed by atoms with Crippen molar-refractivity contribution in [1.82, 2.24) is 24.4 Å². The van der Waals surface area contributed by atoms with Crippen molar-refractivity contribution in [3.63, 3.8) is 0 Å². The van der Waals surface area contributed by atoms with Crippen LogP contribution in [-0.4, -0.2) is 35.5 Å². The number of aromatic carboxylic acids is 1. The van der Waals surface area contributed by atoms with E-state index in [9.17, 15) is 4.79 Å². The van der Waals surface area contributed by atoms with Gasteiger partial charge >= 0.3 is 5.97 Å². The Morgan fingerprint density at radius 3 is 3.22 bits per heavy atom. The molecule has 0 aliphatic heterocycles. The number of nitrogens with one attached hydrogen (secondary N) is 1. The highest BCUT2D eigenvalue weighted by atomic mass is 32.1. The monoisotopic (exact) mass is 332 g/mol. The fraction of sp³-hybridized carbons (Fsp3) is 0.429. The maximum Gasteiger partial charge on any atom is 0.357 e. The van der Waals surface area contributed by atoms with Gasteiger partial charge in [0.05, 0.1) is 12.2 Å². The normalized spacial score (nSPS) is 17.3. The molecule has 23 heavy (non-hydrogen) atoms. The number of carboxylic acids is 1. The van der Waals surface area contributed by atoms with Gasteiger partial charge in [0.15, 0.2) is 10.5 Å². The minimum atomic E-state index is -1.04. The van der Waals surface area contributed by atoms with Gasteiger partial charge in [-0.3, -0.25) is 4.68 Å². The van der Waals surface area contributed by atoms with Gasteiger partial charge in [0.1, 0.15) is 6.33 Å². The summed E-state index contributed by atoms with van der Waals surface area (Å²) < 4.78 is 3.55. The molecule has 0 amide bonds. The molecule has 1 aliphatic rings. The summed E-state index contributed by atoms with van der Waals surface area (Å²) in [6.45, 7) is 2.96. The molecule has 1 unspecified atom stereocenters. The van der Waals surface area contributed by atoms with E-state index in [2.05, 4.69) is 27.4 Å². The highest BCUT2D eigenvalue weighted by Crippen LogP contribution is 2.34. The third-order valence-electron chi connectivity index (χ3n) is 4.16. The zero-order valence-corrected chi connectivity index (χ0v) is 13.4. The molecule has 2 N–H and O–H groups in total. The second kappa shape index (κ2) is 5.34. The Bertz CT molecular complexity index is 879. The van der Waals surface area contributed by atoms with Gasteiger partial charge in [-0.2, -0.15) is 5.10 Å². The number of hydrogen-bond donors (Lipinski definition) is 2. The van der Waals surface area contributed by atoms with Gasteiger partial charge in [0, 0.05) is 17.8 Å². The van der Waals surface area contributed by atoms with E-state index in [0.29, 0.717) is 9.96 Å². The molecule has 0 saturated carbocycles. The summed E-state index contributed by atoms with van der Waals surface area (Å²) in [6, 6.07) is 0.163. The van der Waals surface area contributed by atoms with Crippen LogP contribution in [0.25, 0.3) is 4.83 Å². The molecule has 3 aromatic heterocycles. The lowest BCUT2D eigenvalue weighted by atomic mass is 9.93. The standard InChI is InChI=1S/C14H16N6O2S/c1-2-19-10-5-3-4-9(8(10)6-16-19)17-14-18-20-7-15-11(13(21)22)12(20)23-14/h6-7,9H,2-5H2,1H3,(H,17,18)(H,21,22). The Morgan fingerprint density at radius 1 is 1.57 bits per heavy atom. The first kappa shape index (κ1) is 14.2.